The van der Waals surface area contributed by atoms with E-state index in [0.717, 1.165) is 4.90 Å². The number of amides is 2. The molecule has 1 aromatic heterocycles. The molecule has 0 bridgehead atoms. The summed E-state index contributed by atoms with van der Waals surface area (Å²) in [6.07, 6.45) is 2.27. The number of carbonyl (C=O) groups excluding carboxylic acids is 2. The molecule has 0 atom stereocenters. The molecule has 2 rings (SSSR count). The zero-order valence-corrected chi connectivity index (χ0v) is 10.7. The second-order valence-electron chi connectivity index (χ2n) is 4.54. The van der Waals surface area contributed by atoms with E-state index in [4.69, 9.17) is 5.73 Å². The summed E-state index contributed by atoms with van der Waals surface area (Å²) in [6, 6.07) is 3.35. The first-order chi connectivity index (χ1) is 9.11. The summed E-state index contributed by atoms with van der Waals surface area (Å²) >= 11 is 0. The van der Waals surface area contributed by atoms with E-state index in [2.05, 4.69) is 16.8 Å². The Morgan fingerprint density at radius 1 is 1.42 bits per heavy atom. The Kier molecular flexibility index (Phi) is 3.93. The molecule has 5 nitrogen and oxygen atoms in total. The summed E-state index contributed by atoms with van der Waals surface area (Å²) in [5, 5.41) is 0. The Hall–Kier alpha value is -2.19. The number of aromatic nitrogens is 1. The molecule has 1 fully saturated rings. The van der Waals surface area contributed by atoms with Gasteiger partial charge in [-0.1, -0.05) is 18.8 Å². The van der Waals surface area contributed by atoms with E-state index in [1.807, 2.05) is 6.92 Å². The standard InChI is InChI=1S/C14H15N3O2/c1-10-7-13(18)17(14(19)8-10)12-9-11(3-2-5-15)4-6-16-12/h4,6,9-10H,5,7-8,15H2,1H3. The van der Waals surface area contributed by atoms with Gasteiger partial charge in [0.15, 0.2) is 0 Å². The van der Waals surface area contributed by atoms with Crippen LogP contribution in [0.25, 0.3) is 0 Å². The van der Waals surface area contributed by atoms with Crippen molar-refractivity contribution in [1.29, 1.82) is 0 Å². The van der Waals surface area contributed by atoms with Crippen LogP contribution in [0.15, 0.2) is 18.3 Å². The summed E-state index contributed by atoms with van der Waals surface area (Å²) in [5.41, 5.74) is 6.00. The molecule has 0 aliphatic carbocycles. The number of nitrogens with two attached hydrogens (primary N) is 1. The van der Waals surface area contributed by atoms with Gasteiger partial charge in [-0.15, -0.1) is 0 Å². The van der Waals surface area contributed by atoms with Gasteiger partial charge >= 0.3 is 0 Å². The van der Waals surface area contributed by atoms with Crippen molar-refractivity contribution in [3.05, 3.63) is 23.9 Å². The van der Waals surface area contributed by atoms with Gasteiger partial charge < -0.3 is 5.73 Å². The van der Waals surface area contributed by atoms with Crippen molar-refractivity contribution >= 4 is 17.6 Å². The lowest BCUT2D eigenvalue weighted by Crippen LogP contribution is -2.43. The lowest BCUT2D eigenvalue weighted by Gasteiger charge is -2.27. The summed E-state index contributed by atoms with van der Waals surface area (Å²) in [4.78, 5) is 29.1. The van der Waals surface area contributed by atoms with Crippen LogP contribution in [-0.2, 0) is 9.59 Å². The third kappa shape index (κ3) is 2.98. The fraction of sp³-hybridized carbons (Fsp3) is 0.357. The number of rotatable bonds is 1. The van der Waals surface area contributed by atoms with Crippen LogP contribution >= 0.6 is 0 Å². The third-order valence-corrected chi connectivity index (χ3v) is 2.85. The van der Waals surface area contributed by atoms with Gasteiger partial charge in [-0.3, -0.25) is 9.59 Å². The molecule has 0 aromatic carbocycles. The molecule has 1 saturated heterocycles. The number of piperidine rings is 1. The Morgan fingerprint density at radius 3 is 2.74 bits per heavy atom. The molecular weight excluding hydrogens is 242 g/mol. The molecule has 98 valence electrons. The Balaban J connectivity index is 2.31. The molecule has 0 spiro atoms. The molecule has 0 radical (unpaired) electrons. The van der Waals surface area contributed by atoms with E-state index in [1.54, 1.807) is 12.1 Å². The van der Waals surface area contributed by atoms with Crippen molar-refractivity contribution in [3.8, 4) is 11.8 Å². The Morgan fingerprint density at radius 2 is 2.11 bits per heavy atom. The second-order valence-corrected chi connectivity index (χ2v) is 4.54. The highest BCUT2D eigenvalue weighted by Gasteiger charge is 2.32. The molecule has 1 aliphatic rings. The monoisotopic (exact) mass is 257 g/mol. The topological polar surface area (TPSA) is 76.3 Å². The first-order valence-corrected chi connectivity index (χ1v) is 6.12. The largest absolute Gasteiger partial charge is 0.320 e. The van der Waals surface area contributed by atoms with Crippen LogP contribution in [-0.4, -0.2) is 23.3 Å². The molecule has 0 unspecified atom stereocenters. The minimum Gasteiger partial charge on any atom is -0.320 e. The summed E-state index contributed by atoms with van der Waals surface area (Å²) < 4.78 is 0. The fourth-order valence-electron chi connectivity index (χ4n) is 2.02. The molecule has 0 saturated carbocycles. The second kappa shape index (κ2) is 5.63. The lowest BCUT2D eigenvalue weighted by molar-refractivity contribution is -0.130. The highest BCUT2D eigenvalue weighted by molar-refractivity contribution is 6.16. The number of imide groups is 1. The van der Waals surface area contributed by atoms with Gasteiger partial charge in [0.25, 0.3) is 0 Å². The third-order valence-electron chi connectivity index (χ3n) is 2.85. The number of carbonyl (C=O) groups is 2. The van der Waals surface area contributed by atoms with E-state index in [1.165, 1.54) is 6.20 Å². The summed E-state index contributed by atoms with van der Waals surface area (Å²) in [7, 11) is 0. The van der Waals surface area contributed by atoms with E-state index < -0.39 is 0 Å². The van der Waals surface area contributed by atoms with Crippen LogP contribution in [0.5, 0.6) is 0 Å². The number of hydrogen-bond acceptors (Lipinski definition) is 4. The summed E-state index contributed by atoms with van der Waals surface area (Å²) in [5.74, 6) is 5.60. The fourth-order valence-corrected chi connectivity index (χ4v) is 2.02. The van der Waals surface area contributed by atoms with E-state index >= 15 is 0 Å². The minimum absolute atomic E-state index is 0.0939. The molecule has 2 amide bonds. The lowest BCUT2D eigenvalue weighted by atomic mass is 9.98. The summed E-state index contributed by atoms with van der Waals surface area (Å²) in [6.45, 7) is 2.15. The van der Waals surface area contributed by atoms with Gasteiger partial charge in [-0.25, -0.2) is 9.88 Å². The quantitative estimate of drug-likeness (QED) is 0.593. The van der Waals surface area contributed by atoms with Crippen molar-refractivity contribution < 1.29 is 9.59 Å². The highest BCUT2D eigenvalue weighted by Crippen LogP contribution is 2.23. The molecular formula is C14H15N3O2. The van der Waals surface area contributed by atoms with Crippen LogP contribution in [0.4, 0.5) is 5.82 Å². The van der Waals surface area contributed by atoms with Crippen molar-refractivity contribution in [2.24, 2.45) is 11.7 Å². The first kappa shape index (κ1) is 13.2. The van der Waals surface area contributed by atoms with E-state index in [9.17, 15) is 9.59 Å². The van der Waals surface area contributed by atoms with Gasteiger partial charge in [0.05, 0.1) is 6.54 Å². The average Bonchev–Trinajstić information content (AvgIpc) is 2.35. The van der Waals surface area contributed by atoms with Crippen LogP contribution < -0.4 is 10.6 Å². The van der Waals surface area contributed by atoms with Gasteiger partial charge in [0.1, 0.15) is 5.82 Å². The maximum Gasteiger partial charge on any atom is 0.235 e. The average molecular weight is 257 g/mol. The molecule has 1 aliphatic heterocycles. The number of nitrogens with zero attached hydrogens (tertiary/aromatic N) is 2. The molecule has 19 heavy (non-hydrogen) atoms. The zero-order valence-electron chi connectivity index (χ0n) is 10.7. The van der Waals surface area contributed by atoms with Crippen LogP contribution in [0, 0.1) is 17.8 Å². The molecule has 1 aromatic rings. The number of anilines is 1. The Labute approximate surface area is 111 Å². The highest BCUT2D eigenvalue weighted by atomic mass is 16.2. The zero-order chi connectivity index (χ0) is 13.8. The predicted octanol–water partition coefficient (Wildman–Crippen LogP) is 0.681. The maximum absolute atomic E-state index is 11.9. The normalized spacial score (nSPS) is 16.2. The molecule has 5 heteroatoms. The van der Waals surface area contributed by atoms with Crippen molar-refractivity contribution in [2.75, 3.05) is 11.4 Å². The molecule has 2 heterocycles. The first-order valence-electron chi connectivity index (χ1n) is 6.12. The molecule has 2 N–H and O–H groups in total. The van der Waals surface area contributed by atoms with E-state index in [-0.39, 0.29) is 24.3 Å². The Bertz CT molecular complexity index is 554. The maximum atomic E-state index is 11.9. The minimum atomic E-state index is -0.208. The predicted molar refractivity (Wildman–Crippen MR) is 71.1 cm³/mol. The van der Waals surface area contributed by atoms with Gasteiger partial charge in [-0.2, -0.15) is 0 Å². The van der Waals surface area contributed by atoms with Crippen molar-refractivity contribution in [2.45, 2.75) is 19.8 Å². The van der Waals surface area contributed by atoms with Crippen molar-refractivity contribution in [3.63, 3.8) is 0 Å². The van der Waals surface area contributed by atoms with Gasteiger partial charge in [-0.05, 0) is 18.1 Å². The van der Waals surface area contributed by atoms with Crippen LogP contribution in [0.2, 0.25) is 0 Å². The van der Waals surface area contributed by atoms with Crippen molar-refractivity contribution in [1.82, 2.24) is 4.98 Å². The van der Waals surface area contributed by atoms with Gasteiger partial charge in [0.2, 0.25) is 11.8 Å². The van der Waals surface area contributed by atoms with E-state index in [0.29, 0.717) is 24.2 Å². The van der Waals surface area contributed by atoms with Crippen LogP contribution in [0.3, 0.4) is 0 Å². The number of pyridine rings is 1. The SMILES string of the molecule is CC1CC(=O)N(c2cc(C#CCN)ccn2)C(=O)C1. The van der Waals surface area contributed by atoms with Crippen LogP contribution in [0.1, 0.15) is 25.3 Å². The number of hydrogen-bond donors (Lipinski definition) is 1. The smallest absolute Gasteiger partial charge is 0.235 e. The van der Waals surface area contributed by atoms with Gasteiger partial charge in [0, 0.05) is 24.6 Å².